The first-order valence-electron chi connectivity index (χ1n) is 11.8. The Labute approximate surface area is 195 Å². The normalized spacial score (nSPS) is 19.0. The fourth-order valence-electron chi connectivity index (χ4n) is 4.97. The van der Waals surface area contributed by atoms with Gasteiger partial charge >= 0.3 is 5.97 Å². The van der Waals surface area contributed by atoms with Crippen LogP contribution in [-0.4, -0.2) is 41.5 Å². The molecule has 0 spiro atoms. The van der Waals surface area contributed by atoms with E-state index in [1.807, 2.05) is 11.0 Å². The summed E-state index contributed by atoms with van der Waals surface area (Å²) in [7, 11) is 0. The van der Waals surface area contributed by atoms with Crippen LogP contribution in [0.1, 0.15) is 49.3 Å². The number of amides is 1. The van der Waals surface area contributed by atoms with Gasteiger partial charge in [-0.1, -0.05) is 72.8 Å². The summed E-state index contributed by atoms with van der Waals surface area (Å²) in [5.74, 6) is -0.229. The molecular weight excluding hydrogens is 412 g/mol. The molecule has 1 amide bonds. The van der Waals surface area contributed by atoms with Gasteiger partial charge in [0.25, 0.3) is 0 Å². The summed E-state index contributed by atoms with van der Waals surface area (Å²) in [6, 6.07) is 25.5. The van der Waals surface area contributed by atoms with E-state index < -0.39 is 5.97 Å². The van der Waals surface area contributed by atoms with Gasteiger partial charge in [0.15, 0.2) is 0 Å². The molecule has 1 fully saturated rings. The van der Waals surface area contributed by atoms with Gasteiger partial charge in [-0.3, -0.25) is 9.59 Å². The molecule has 1 heterocycles. The number of nitrogens with one attached hydrogen (secondary N) is 1. The Hall–Kier alpha value is -3.18. The monoisotopic (exact) mass is 444 g/mol. The number of aliphatic carboxylic acids is 1. The standard InChI is InChI=1S/C28H32N2O3/c1-20(24-14-7-12-21-11-5-6-13-25(21)24)29-17-23-18-30(27(31)15-8-16-28(32)33)19-26(23)22-9-3-2-4-10-22/h2-7,9-14,20,23,26,29H,8,15-19H2,1H3,(H,32,33)/t20-,23+,26-/m1/s1. The molecule has 0 saturated carbocycles. The minimum atomic E-state index is -0.851. The second-order valence-electron chi connectivity index (χ2n) is 9.02. The van der Waals surface area contributed by atoms with E-state index >= 15 is 0 Å². The van der Waals surface area contributed by atoms with Crippen molar-refractivity contribution in [1.29, 1.82) is 0 Å². The lowest BCUT2D eigenvalue weighted by Gasteiger charge is -2.23. The first kappa shape index (κ1) is 23.0. The molecule has 5 nitrogen and oxygen atoms in total. The van der Waals surface area contributed by atoms with Crippen LogP contribution in [0.5, 0.6) is 0 Å². The summed E-state index contributed by atoms with van der Waals surface area (Å²) >= 11 is 0. The van der Waals surface area contributed by atoms with E-state index in [-0.39, 0.29) is 24.3 Å². The molecule has 0 unspecified atom stereocenters. The summed E-state index contributed by atoms with van der Waals surface area (Å²) in [4.78, 5) is 25.5. The Balaban J connectivity index is 1.45. The predicted molar refractivity (Wildman–Crippen MR) is 131 cm³/mol. The van der Waals surface area contributed by atoms with E-state index in [2.05, 4.69) is 79.0 Å². The molecule has 33 heavy (non-hydrogen) atoms. The molecule has 3 aromatic carbocycles. The Kier molecular flexibility index (Phi) is 7.40. The Morgan fingerprint density at radius 3 is 2.48 bits per heavy atom. The van der Waals surface area contributed by atoms with Gasteiger partial charge in [-0.15, -0.1) is 0 Å². The molecule has 1 aliphatic rings. The second kappa shape index (κ2) is 10.6. The largest absolute Gasteiger partial charge is 0.481 e. The van der Waals surface area contributed by atoms with Crippen LogP contribution < -0.4 is 5.32 Å². The maximum absolute atomic E-state index is 12.8. The third-order valence-electron chi connectivity index (χ3n) is 6.78. The van der Waals surface area contributed by atoms with Gasteiger partial charge < -0.3 is 15.3 Å². The van der Waals surface area contributed by atoms with Gasteiger partial charge in [-0.25, -0.2) is 0 Å². The van der Waals surface area contributed by atoms with Crippen molar-refractivity contribution in [2.24, 2.45) is 5.92 Å². The maximum atomic E-state index is 12.8. The van der Waals surface area contributed by atoms with Crippen LogP contribution in [0, 0.1) is 5.92 Å². The highest BCUT2D eigenvalue weighted by molar-refractivity contribution is 5.86. The average Bonchev–Trinajstić information content (AvgIpc) is 3.27. The summed E-state index contributed by atoms with van der Waals surface area (Å²) in [5.41, 5.74) is 2.53. The third-order valence-corrected chi connectivity index (χ3v) is 6.78. The quantitative estimate of drug-likeness (QED) is 0.488. The molecule has 4 rings (SSSR count). The number of hydrogen-bond acceptors (Lipinski definition) is 3. The van der Waals surface area contributed by atoms with Crippen molar-refractivity contribution in [2.75, 3.05) is 19.6 Å². The number of fused-ring (bicyclic) bond motifs is 1. The van der Waals surface area contributed by atoms with Crippen LogP contribution in [0.4, 0.5) is 0 Å². The van der Waals surface area contributed by atoms with Crippen LogP contribution >= 0.6 is 0 Å². The molecule has 0 aromatic heterocycles. The summed E-state index contributed by atoms with van der Waals surface area (Å²) in [5, 5.41) is 15.1. The van der Waals surface area contributed by atoms with Crippen molar-refractivity contribution in [3.05, 3.63) is 83.9 Å². The van der Waals surface area contributed by atoms with Crippen molar-refractivity contribution < 1.29 is 14.7 Å². The second-order valence-corrected chi connectivity index (χ2v) is 9.02. The lowest BCUT2D eigenvalue weighted by Crippen LogP contribution is -2.31. The number of likely N-dealkylation sites (tertiary alicyclic amines) is 1. The van der Waals surface area contributed by atoms with Crippen LogP contribution in [0.25, 0.3) is 10.8 Å². The zero-order valence-electron chi connectivity index (χ0n) is 19.1. The topological polar surface area (TPSA) is 69.6 Å². The molecule has 2 N–H and O–H groups in total. The van der Waals surface area contributed by atoms with Gasteiger partial charge in [0.05, 0.1) is 0 Å². The lowest BCUT2D eigenvalue weighted by molar-refractivity contribution is -0.137. The smallest absolute Gasteiger partial charge is 0.303 e. The summed E-state index contributed by atoms with van der Waals surface area (Å²) < 4.78 is 0. The minimum Gasteiger partial charge on any atom is -0.481 e. The molecule has 172 valence electrons. The highest BCUT2D eigenvalue weighted by atomic mass is 16.4. The SMILES string of the molecule is C[C@@H](NC[C@H]1CN(C(=O)CCCC(=O)O)C[C@@H]1c1ccccc1)c1cccc2ccccc12. The predicted octanol–water partition coefficient (Wildman–Crippen LogP) is 4.99. The maximum Gasteiger partial charge on any atom is 0.303 e. The molecule has 1 aliphatic heterocycles. The third kappa shape index (κ3) is 5.60. The van der Waals surface area contributed by atoms with E-state index in [4.69, 9.17) is 5.11 Å². The van der Waals surface area contributed by atoms with Crippen molar-refractivity contribution in [3.63, 3.8) is 0 Å². The molecule has 1 saturated heterocycles. The number of carboxylic acids is 1. The van der Waals surface area contributed by atoms with Crippen molar-refractivity contribution in [3.8, 4) is 0 Å². The molecular formula is C28H32N2O3. The van der Waals surface area contributed by atoms with Crippen LogP contribution in [0.2, 0.25) is 0 Å². The van der Waals surface area contributed by atoms with E-state index in [0.29, 0.717) is 31.8 Å². The molecule has 3 atom stereocenters. The number of nitrogens with zero attached hydrogens (tertiary/aromatic N) is 1. The van der Waals surface area contributed by atoms with Crippen molar-refractivity contribution in [2.45, 2.75) is 38.1 Å². The lowest BCUT2D eigenvalue weighted by atomic mass is 9.88. The first-order chi connectivity index (χ1) is 16.0. The Morgan fingerprint density at radius 1 is 0.970 bits per heavy atom. The highest BCUT2D eigenvalue weighted by Gasteiger charge is 2.35. The van der Waals surface area contributed by atoms with E-state index in [9.17, 15) is 9.59 Å². The van der Waals surface area contributed by atoms with Crippen LogP contribution in [-0.2, 0) is 9.59 Å². The Bertz CT molecular complexity index is 1090. The minimum absolute atomic E-state index is 0.0369. The molecule has 5 heteroatoms. The summed E-state index contributed by atoms with van der Waals surface area (Å²) in [6.07, 6.45) is 0.720. The van der Waals surface area contributed by atoms with E-state index in [1.54, 1.807) is 0 Å². The number of carbonyl (C=O) groups excluding carboxylic acids is 1. The zero-order valence-corrected chi connectivity index (χ0v) is 19.1. The van der Waals surface area contributed by atoms with Gasteiger partial charge in [0, 0.05) is 44.4 Å². The Morgan fingerprint density at radius 2 is 1.70 bits per heavy atom. The number of carbonyl (C=O) groups is 2. The fourth-order valence-corrected chi connectivity index (χ4v) is 4.97. The number of carboxylic acid groups (broad SMARTS) is 1. The number of rotatable bonds is 9. The molecule has 0 aliphatic carbocycles. The first-order valence-corrected chi connectivity index (χ1v) is 11.8. The number of hydrogen-bond donors (Lipinski definition) is 2. The van der Waals surface area contributed by atoms with Gasteiger partial charge in [-0.05, 0) is 41.2 Å². The van der Waals surface area contributed by atoms with Crippen molar-refractivity contribution in [1.82, 2.24) is 10.2 Å². The molecule has 3 aromatic rings. The van der Waals surface area contributed by atoms with Gasteiger partial charge in [-0.2, -0.15) is 0 Å². The zero-order chi connectivity index (χ0) is 23.2. The highest BCUT2D eigenvalue weighted by Crippen LogP contribution is 2.33. The van der Waals surface area contributed by atoms with Crippen LogP contribution in [0.15, 0.2) is 72.8 Å². The van der Waals surface area contributed by atoms with Crippen LogP contribution in [0.3, 0.4) is 0 Å². The van der Waals surface area contributed by atoms with E-state index in [1.165, 1.54) is 21.9 Å². The van der Waals surface area contributed by atoms with E-state index in [0.717, 1.165) is 6.54 Å². The molecule has 0 bridgehead atoms. The average molecular weight is 445 g/mol. The van der Waals surface area contributed by atoms with Crippen molar-refractivity contribution >= 4 is 22.6 Å². The number of benzene rings is 3. The van der Waals surface area contributed by atoms with Gasteiger partial charge in [0.2, 0.25) is 5.91 Å². The van der Waals surface area contributed by atoms with Gasteiger partial charge in [0.1, 0.15) is 0 Å². The fraction of sp³-hybridized carbons (Fsp3) is 0.357. The molecule has 0 radical (unpaired) electrons. The summed E-state index contributed by atoms with van der Waals surface area (Å²) in [6.45, 7) is 4.39.